The average Bonchev–Trinajstić information content (AvgIpc) is 3.08. The number of nitrogens with one attached hydrogen (secondary N) is 1. The highest BCUT2D eigenvalue weighted by molar-refractivity contribution is 5.89. The molecule has 1 aliphatic carbocycles. The van der Waals surface area contributed by atoms with Gasteiger partial charge in [0.25, 0.3) is 0 Å². The van der Waals surface area contributed by atoms with Crippen LogP contribution in [0.5, 0.6) is 0 Å². The van der Waals surface area contributed by atoms with E-state index in [2.05, 4.69) is 43.4 Å². The fraction of sp³-hybridized carbons (Fsp3) is 0.600. The SMILES string of the molecule is CCN1C[C@@H](C(=O)NC(C)(C)CC2Cc3ccccc3C2)CC1=O. The molecule has 1 atom stereocenters. The summed E-state index contributed by atoms with van der Waals surface area (Å²) in [7, 11) is 0. The first-order valence-corrected chi connectivity index (χ1v) is 9.04. The number of rotatable bonds is 5. The molecule has 2 aliphatic rings. The van der Waals surface area contributed by atoms with E-state index in [0.717, 1.165) is 19.3 Å². The Labute approximate surface area is 144 Å². The molecular weight excluding hydrogens is 300 g/mol. The monoisotopic (exact) mass is 328 g/mol. The van der Waals surface area contributed by atoms with Crippen molar-refractivity contribution < 1.29 is 9.59 Å². The van der Waals surface area contributed by atoms with Crippen LogP contribution in [-0.2, 0) is 22.4 Å². The summed E-state index contributed by atoms with van der Waals surface area (Å²) < 4.78 is 0. The lowest BCUT2D eigenvalue weighted by atomic mass is 9.88. The Bertz CT molecular complexity index is 613. The first-order chi connectivity index (χ1) is 11.4. The molecule has 0 aromatic heterocycles. The zero-order valence-electron chi connectivity index (χ0n) is 15.0. The Morgan fingerprint density at radius 2 is 1.83 bits per heavy atom. The maximum Gasteiger partial charge on any atom is 0.225 e. The first-order valence-electron chi connectivity index (χ1n) is 9.04. The van der Waals surface area contributed by atoms with E-state index in [-0.39, 0.29) is 23.3 Å². The van der Waals surface area contributed by atoms with Gasteiger partial charge in [0.15, 0.2) is 0 Å². The van der Waals surface area contributed by atoms with Crippen LogP contribution in [0.15, 0.2) is 24.3 Å². The molecule has 3 rings (SSSR count). The minimum atomic E-state index is -0.244. The number of hydrogen-bond donors (Lipinski definition) is 1. The summed E-state index contributed by atoms with van der Waals surface area (Å²) in [5.74, 6) is 0.508. The van der Waals surface area contributed by atoms with Gasteiger partial charge in [-0.15, -0.1) is 0 Å². The molecule has 1 saturated heterocycles. The Balaban J connectivity index is 1.55. The van der Waals surface area contributed by atoms with Crippen molar-refractivity contribution in [1.29, 1.82) is 0 Å². The van der Waals surface area contributed by atoms with E-state index in [1.54, 1.807) is 4.90 Å². The van der Waals surface area contributed by atoms with Gasteiger partial charge in [-0.2, -0.15) is 0 Å². The number of fused-ring (bicyclic) bond motifs is 1. The molecule has 130 valence electrons. The van der Waals surface area contributed by atoms with Gasteiger partial charge in [0.2, 0.25) is 11.8 Å². The molecule has 1 N–H and O–H groups in total. The van der Waals surface area contributed by atoms with Crippen LogP contribution in [0.25, 0.3) is 0 Å². The lowest BCUT2D eigenvalue weighted by molar-refractivity contribution is -0.129. The maximum atomic E-state index is 12.6. The van der Waals surface area contributed by atoms with Gasteiger partial charge < -0.3 is 10.2 Å². The number of benzene rings is 1. The Morgan fingerprint density at radius 1 is 1.21 bits per heavy atom. The minimum absolute atomic E-state index is 0.0276. The van der Waals surface area contributed by atoms with Crippen molar-refractivity contribution in [2.24, 2.45) is 11.8 Å². The van der Waals surface area contributed by atoms with Crippen molar-refractivity contribution in [2.45, 2.75) is 52.0 Å². The Kier molecular flexibility index (Phi) is 4.66. The van der Waals surface area contributed by atoms with Crippen LogP contribution in [0, 0.1) is 11.8 Å². The lowest BCUT2D eigenvalue weighted by Crippen LogP contribution is -2.47. The maximum absolute atomic E-state index is 12.6. The number of carbonyl (C=O) groups is 2. The van der Waals surface area contributed by atoms with E-state index in [9.17, 15) is 9.59 Å². The zero-order valence-corrected chi connectivity index (χ0v) is 15.0. The van der Waals surface area contributed by atoms with Crippen LogP contribution in [-0.4, -0.2) is 35.3 Å². The van der Waals surface area contributed by atoms with Crippen molar-refractivity contribution in [3.63, 3.8) is 0 Å². The van der Waals surface area contributed by atoms with Gasteiger partial charge in [-0.25, -0.2) is 0 Å². The molecule has 0 unspecified atom stereocenters. The van der Waals surface area contributed by atoms with Gasteiger partial charge in [0, 0.05) is 25.0 Å². The van der Waals surface area contributed by atoms with E-state index in [0.29, 0.717) is 25.4 Å². The van der Waals surface area contributed by atoms with Gasteiger partial charge in [-0.05, 0) is 57.1 Å². The molecule has 2 amide bonds. The molecule has 1 aliphatic heterocycles. The second kappa shape index (κ2) is 6.58. The van der Waals surface area contributed by atoms with Gasteiger partial charge in [-0.3, -0.25) is 9.59 Å². The van der Waals surface area contributed by atoms with Crippen LogP contribution in [0.2, 0.25) is 0 Å². The minimum Gasteiger partial charge on any atom is -0.351 e. The third kappa shape index (κ3) is 3.63. The van der Waals surface area contributed by atoms with E-state index >= 15 is 0 Å². The van der Waals surface area contributed by atoms with Gasteiger partial charge in [-0.1, -0.05) is 24.3 Å². The highest BCUT2D eigenvalue weighted by Gasteiger charge is 2.36. The molecule has 4 nitrogen and oxygen atoms in total. The number of nitrogens with zero attached hydrogens (tertiary/aromatic N) is 1. The molecule has 4 heteroatoms. The quantitative estimate of drug-likeness (QED) is 0.903. The van der Waals surface area contributed by atoms with Crippen LogP contribution < -0.4 is 5.32 Å². The van der Waals surface area contributed by atoms with E-state index in [4.69, 9.17) is 0 Å². The summed E-state index contributed by atoms with van der Waals surface area (Å²) in [6.07, 6.45) is 3.51. The summed E-state index contributed by atoms with van der Waals surface area (Å²) in [6.45, 7) is 7.41. The highest BCUT2D eigenvalue weighted by atomic mass is 16.2. The van der Waals surface area contributed by atoms with Gasteiger partial charge in [0.1, 0.15) is 0 Å². The number of likely N-dealkylation sites (tertiary alicyclic amines) is 1. The number of hydrogen-bond acceptors (Lipinski definition) is 2. The van der Waals surface area contributed by atoms with Gasteiger partial charge >= 0.3 is 0 Å². The first kappa shape index (κ1) is 17.0. The van der Waals surface area contributed by atoms with Crippen LogP contribution in [0.4, 0.5) is 0 Å². The molecule has 1 aromatic carbocycles. The van der Waals surface area contributed by atoms with Gasteiger partial charge in [0.05, 0.1) is 5.92 Å². The molecule has 1 heterocycles. The second-order valence-electron chi connectivity index (χ2n) is 7.95. The highest BCUT2D eigenvalue weighted by Crippen LogP contribution is 2.32. The summed E-state index contributed by atoms with van der Waals surface area (Å²) in [4.78, 5) is 26.2. The molecule has 24 heavy (non-hydrogen) atoms. The Morgan fingerprint density at radius 3 is 2.38 bits per heavy atom. The molecule has 0 saturated carbocycles. The standard InChI is InChI=1S/C20H28N2O2/c1-4-22-13-17(11-18(22)23)19(24)21-20(2,3)12-14-9-15-7-5-6-8-16(15)10-14/h5-8,14,17H,4,9-13H2,1-3H3,(H,21,24)/t17-/m0/s1. The molecule has 0 radical (unpaired) electrons. The number of carbonyl (C=O) groups excluding carboxylic acids is 2. The number of amides is 2. The summed E-state index contributed by atoms with van der Waals surface area (Å²) >= 11 is 0. The molecular formula is C20H28N2O2. The predicted molar refractivity (Wildman–Crippen MR) is 94.5 cm³/mol. The van der Waals surface area contributed by atoms with Crippen molar-refractivity contribution in [3.05, 3.63) is 35.4 Å². The molecule has 1 fully saturated rings. The lowest BCUT2D eigenvalue weighted by Gasteiger charge is -2.30. The summed E-state index contributed by atoms with van der Waals surface area (Å²) in [5, 5.41) is 3.20. The summed E-state index contributed by atoms with van der Waals surface area (Å²) in [5.41, 5.74) is 2.65. The van der Waals surface area contributed by atoms with Crippen LogP contribution in [0.3, 0.4) is 0 Å². The normalized spacial score (nSPS) is 21.2. The fourth-order valence-electron chi connectivity index (χ4n) is 4.26. The van der Waals surface area contributed by atoms with Crippen molar-refractivity contribution in [3.8, 4) is 0 Å². The van der Waals surface area contributed by atoms with Crippen molar-refractivity contribution in [1.82, 2.24) is 10.2 Å². The largest absolute Gasteiger partial charge is 0.351 e. The third-order valence-electron chi connectivity index (χ3n) is 5.36. The fourth-order valence-corrected chi connectivity index (χ4v) is 4.26. The topological polar surface area (TPSA) is 49.4 Å². The molecule has 1 aromatic rings. The third-order valence-corrected chi connectivity index (χ3v) is 5.36. The van der Waals surface area contributed by atoms with Crippen LogP contribution in [0.1, 0.15) is 44.7 Å². The molecule has 0 spiro atoms. The second-order valence-corrected chi connectivity index (χ2v) is 7.95. The van der Waals surface area contributed by atoms with E-state index in [1.165, 1.54) is 11.1 Å². The van der Waals surface area contributed by atoms with Crippen LogP contribution >= 0.6 is 0 Å². The molecule has 0 bridgehead atoms. The van der Waals surface area contributed by atoms with Crippen molar-refractivity contribution in [2.75, 3.05) is 13.1 Å². The van der Waals surface area contributed by atoms with E-state index in [1.807, 2.05) is 6.92 Å². The smallest absolute Gasteiger partial charge is 0.225 e. The summed E-state index contributed by atoms with van der Waals surface area (Å²) in [6, 6.07) is 8.63. The zero-order chi connectivity index (χ0) is 17.3. The predicted octanol–water partition coefficient (Wildman–Crippen LogP) is 2.55. The Hall–Kier alpha value is -1.84. The van der Waals surface area contributed by atoms with Crippen molar-refractivity contribution >= 4 is 11.8 Å². The average molecular weight is 328 g/mol. The van der Waals surface area contributed by atoms with E-state index < -0.39 is 0 Å².